The van der Waals surface area contributed by atoms with Crippen LogP contribution in [0.15, 0.2) is 5.16 Å². The first-order valence-electron chi connectivity index (χ1n) is 4.78. The van der Waals surface area contributed by atoms with Gasteiger partial charge < -0.3 is 15.3 Å². The molecule has 1 amide bonds. The van der Waals surface area contributed by atoms with E-state index in [-0.39, 0.29) is 23.6 Å². The van der Waals surface area contributed by atoms with Crippen LogP contribution in [0.4, 0.5) is 0 Å². The van der Waals surface area contributed by atoms with Crippen molar-refractivity contribution in [2.75, 3.05) is 0 Å². The number of hydrogen-bond acceptors (Lipinski definition) is 4. The van der Waals surface area contributed by atoms with E-state index in [4.69, 9.17) is 9.94 Å². The molecule has 2 N–H and O–H groups in total. The highest BCUT2D eigenvalue weighted by Crippen LogP contribution is 2.34. The van der Waals surface area contributed by atoms with Gasteiger partial charge in [0, 0.05) is 12.0 Å². The predicted molar refractivity (Wildman–Crippen MR) is 50.3 cm³/mol. The van der Waals surface area contributed by atoms with Crippen molar-refractivity contribution in [1.82, 2.24) is 5.32 Å². The Balaban J connectivity index is 1.87. The Hall–Kier alpha value is -1.59. The van der Waals surface area contributed by atoms with Gasteiger partial charge >= 0.3 is 5.97 Å². The molecule has 6 nitrogen and oxygen atoms in total. The van der Waals surface area contributed by atoms with E-state index in [2.05, 4.69) is 10.5 Å². The zero-order valence-electron chi connectivity index (χ0n) is 8.32. The number of hydrogen-bond donors (Lipinski definition) is 2. The minimum Gasteiger partial charge on any atom is -0.477 e. The largest absolute Gasteiger partial charge is 0.477 e. The summed E-state index contributed by atoms with van der Waals surface area (Å²) in [4.78, 5) is 26.8. The van der Waals surface area contributed by atoms with Crippen LogP contribution in [0.2, 0.25) is 0 Å². The molecule has 0 radical (unpaired) electrons. The van der Waals surface area contributed by atoms with Crippen molar-refractivity contribution >= 4 is 17.6 Å². The zero-order chi connectivity index (χ0) is 11.1. The van der Waals surface area contributed by atoms with Crippen molar-refractivity contribution in [2.45, 2.75) is 37.8 Å². The lowest BCUT2D eigenvalue weighted by Gasteiger charge is -2.14. The molecule has 2 aliphatic rings. The van der Waals surface area contributed by atoms with Crippen LogP contribution in [0.1, 0.15) is 26.2 Å². The van der Waals surface area contributed by atoms with Gasteiger partial charge in [-0.1, -0.05) is 5.16 Å². The molecular weight excluding hydrogens is 200 g/mol. The van der Waals surface area contributed by atoms with Crippen molar-refractivity contribution in [3.8, 4) is 0 Å². The first kappa shape index (κ1) is 9.95. The third-order valence-corrected chi connectivity index (χ3v) is 2.63. The summed E-state index contributed by atoms with van der Waals surface area (Å²) in [6.45, 7) is 1.94. The quantitative estimate of drug-likeness (QED) is 0.682. The molecule has 15 heavy (non-hydrogen) atoms. The molecule has 1 saturated carbocycles. The summed E-state index contributed by atoms with van der Waals surface area (Å²) in [5, 5.41) is 14.8. The van der Waals surface area contributed by atoms with Crippen LogP contribution in [-0.2, 0) is 14.4 Å². The third-order valence-electron chi connectivity index (χ3n) is 2.63. The van der Waals surface area contributed by atoms with E-state index in [0.29, 0.717) is 0 Å². The summed E-state index contributed by atoms with van der Waals surface area (Å²) in [6.07, 6.45) is 1.17. The molecule has 0 aromatic rings. The Morgan fingerprint density at radius 3 is 2.73 bits per heavy atom. The van der Waals surface area contributed by atoms with Crippen molar-refractivity contribution in [2.24, 2.45) is 5.16 Å². The number of rotatable bonds is 3. The first-order chi connectivity index (χ1) is 7.00. The molecule has 2 rings (SSSR count). The molecule has 0 saturated heterocycles. The Bertz CT molecular complexity index is 346. The molecule has 0 aromatic heterocycles. The normalized spacial score (nSPS) is 26.5. The minimum absolute atomic E-state index is 0.0389. The maximum absolute atomic E-state index is 11.6. The maximum Gasteiger partial charge on any atom is 0.353 e. The van der Waals surface area contributed by atoms with Gasteiger partial charge in [-0.2, -0.15) is 0 Å². The fourth-order valence-corrected chi connectivity index (χ4v) is 1.33. The molecule has 0 bridgehead atoms. The first-order valence-corrected chi connectivity index (χ1v) is 4.78. The average Bonchev–Trinajstić information content (AvgIpc) is 2.70. The van der Waals surface area contributed by atoms with E-state index < -0.39 is 12.1 Å². The highest BCUT2D eigenvalue weighted by atomic mass is 16.6. The van der Waals surface area contributed by atoms with Crippen LogP contribution < -0.4 is 5.32 Å². The summed E-state index contributed by atoms with van der Waals surface area (Å²) in [5.74, 6) is -1.42. The highest BCUT2D eigenvalue weighted by molar-refractivity contribution is 6.36. The Kier molecular flexibility index (Phi) is 2.13. The van der Waals surface area contributed by atoms with E-state index in [9.17, 15) is 9.59 Å². The lowest BCUT2D eigenvalue weighted by Crippen LogP contribution is -2.41. The number of carbonyl (C=O) groups is 2. The molecule has 1 aliphatic carbocycles. The Morgan fingerprint density at radius 2 is 2.27 bits per heavy atom. The topological polar surface area (TPSA) is 88.0 Å². The van der Waals surface area contributed by atoms with Gasteiger partial charge in [-0.25, -0.2) is 4.79 Å². The number of amides is 1. The minimum atomic E-state index is -1.14. The van der Waals surface area contributed by atoms with E-state index in [0.717, 1.165) is 12.8 Å². The lowest BCUT2D eigenvalue weighted by atomic mass is 10.1. The fraction of sp³-hybridized carbons (Fsp3) is 0.667. The van der Waals surface area contributed by atoms with Gasteiger partial charge in [0.2, 0.25) is 6.10 Å². The number of oxime groups is 1. The van der Waals surface area contributed by atoms with Gasteiger partial charge in [0.05, 0.1) is 0 Å². The highest BCUT2D eigenvalue weighted by Gasteiger charge is 2.42. The molecule has 0 aromatic carbocycles. The molecular formula is C9H12N2O4. The van der Waals surface area contributed by atoms with Crippen LogP contribution in [-0.4, -0.2) is 34.3 Å². The van der Waals surface area contributed by atoms with Gasteiger partial charge in [-0.05, 0) is 19.8 Å². The van der Waals surface area contributed by atoms with Crippen LogP contribution in [0.3, 0.4) is 0 Å². The average molecular weight is 212 g/mol. The number of aliphatic carboxylic acids is 1. The zero-order valence-corrected chi connectivity index (χ0v) is 8.32. The van der Waals surface area contributed by atoms with Gasteiger partial charge in [0.1, 0.15) is 0 Å². The number of nitrogens with one attached hydrogen (secondary N) is 1. The molecule has 0 spiro atoms. The van der Waals surface area contributed by atoms with Crippen LogP contribution in [0, 0.1) is 0 Å². The molecule has 1 unspecified atom stereocenters. The Morgan fingerprint density at radius 1 is 1.60 bits per heavy atom. The number of carboxylic acids is 1. The summed E-state index contributed by atoms with van der Waals surface area (Å²) in [6, 6.07) is 0. The van der Waals surface area contributed by atoms with E-state index in [1.165, 1.54) is 0 Å². The summed E-state index contributed by atoms with van der Waals surface area (Å²) in [5.41, 5.74) is -0.219. The van der Waals surface area contributed by atoms with Crippen molar-refractivity contribution in [1.29, 1.82) is 0 Å². The fourth-order valence-electron chi connectivity index (χ4n) is 1.33. The predicted octanol–water partition coefficient (Wildman–Crippen LogP) is -0.115. The molecule has 82 valence electrons. The number of nitrogens with zero attached hydrogens (tertiary/aromatic N) is 1. The third kappa shape index (κ3) is 2.08. The van der Waals surface area contributed by atoms with E-state index in [1.54, 1.807) is 0 Å². The van der Waals surface area contributed by atoms with Gasteiger partial charge in [0.15, 0.2) is 5.71 Å². The lowest BCUT2D eigenvalue weighted by molar-refractivity contribution is -0.132. The van der Waals surface area contributed by atoms with Crippen LogP contribution in [0.5, 0.6) is 0 Å². The summed E-state index contributed by atoms with van der Waals surface area (Å²) < 4.78 is 0. The van der Waals surface area contributed by atoms with Crippen LogP contribution in [0.25, 0.3) is 0 Å². The smallest absolute Gasteiger partial charge is 0.353 e. The second kappa shape index (κ2) is 3.22. The van der Waals surface area contributed by atoms with Gasteiger partial charge in [-0.15, -0.1) is 0 Å². The maximum atomic E-state index is 11.6. The number of carbonyl (C=O) groups excluding carboxylic acids is 1. The summed E-state index contributed by atoms with van der Waals surface area (Å²) in [7, 11) is 0. The second-order valence-electron chi connectivity index (χ2n) is 4.19. The van der Waals surface area contributed by atoms with Gasteiger partial charge in [-0.3, -0.25) is 4.79 Å². The monoisotopic (exact) mass is 212 g/mol. The van der Waals surface area contributed by atoms with Crippen LogP contribution >= 0.6 is 0 Å². The molecule has 1 fully saturated rings. The van der Waals surface area contributed by atoms with Crippen molar-refractivity contribution in [3.63, 3.8) is 0 Å². The van der Waals surface area contributed by atoms with Crippen molar-refractivity contribution < 1.29 is 19.5 Å². The molecule has 1 heterocycles. The van der Waals surface area contributed by atoms with Crippen molar-refractivity contribution in [3.05, 3.63) is 0 Å². The van der Waals surface area contributed by atoms with E-state index >= 15 is 0 Å². The van der Waals surface area contributed by atoms with Gasteiger partial charge in [0.25, 0.3) is 5.91 Å². The molecule has 1 atom stereocenters. The molecule has 6 heteroatoms. The Labute approximate surface area is 86.3 Å². The standard InChI is InChI=1S/C9H12N2O4/c1-9(2-3-9)10-7(12)6-4-5(8(13)14)11-15-6/h6H,2-4H2,1H3,(H,10,12)(H,13,14). The SMILES string of the molecule is CC1(NC(=O)C2CC(C(=O)O)=NO2)CC1. The second-order valence-corrected chi connectivity index (χ2v) is 4.19. The number of carboxylic acid groups (broad SMARTS) is 1. The summed E-state index contributed by atoms with van der Waals surface area (Å²) >= 11 is 0. The molecule has 1 aliphatic heterocycles. The van der Waals surface area contributed by atoms with E-state index in [1.807, 2.05) is 6.92 Å².